The van der Waals surface area contributed by atoms with Crippen molar-refractivity contribution in [2.45, 2.75) is 46.6 Å². The number of hydrogen-bond acceptors (Lipinski definition) is 3. The van der Waals surface area contributed by atoms with Gasteiger partial charge in [-0.05, 0) is 52.3 Å². The molecule has 6 nitrogen and oxygen atoms in total. The fraction of sp³-hybridized carbons (Fsp3) is 0.526. The SMILES string of the molecule is CC(=O)N1CCC(C)(C(=O)Nc2cccc(C(=O)NC(C)(C)C)c2)C1. The molecule has 2 rings (SSSR count). The molecule has 1 fully saturated rings. The Morgan fingerprint density at radius 2 is 1.88 bits per heavy atom. The number of nitrogens with one attached hydrogen (secondary N) is 2. The van der Waals surface area contributed by atoms with E-state index in [2.05, 4.69) is 10.6 Å². The van der Waals surface area contributed by atoms with Crippen molar-refractivity contribution < 1.29 is 14.4 Å². The van der Waals surface area contributed by atoms with Crippen LogP contribution in [0.4, 0.5) is 5.69 Å². The summed E-state index contributed by atoms with van der Waals surface area (Å²) in [5.74, 6) is -0.333. The van der Waals surface area contributed by atoms with E-state index in [0.29, 0.717) is 30.8 Å². The first kappa shape index (κ1) is 19.0. The van der Waals surface area contributed by atoms with Crippen LogP contribution < -0.4 is 10.6 Å². The first-order valence-corrected chi connectivity index (χ1v) is 8.50. The van der Waals surface area contributed by atoms with Crippen LogP contribution in [0.3, 0.4) is 0 Å². The Morgan fingerprint density at radius 1 is 1.20 bits per heavy atom. The van der Waals surface area contributed by atoms with Crippen LogP contribution >= 0.6 is 0 Å². The van der Waals surface area contributed by atoms with Gasteiger partial charge >= 0.3 is 0 Å². The van der Waals surface area contributed by atoms with Crippen molar-refractivity contribution in [3.8, 4) is 0 Å². The number of nitrogens with zero attached hydrogens (tertiary/aromatic N) is 1. The molecule has 1 atom stereocenters. The minimum absolute atomic E-state index is 0.0163. The Bertz CT molecular complexity index is 693. The van der Waals surface area contributed by atoms with Gasteiger partial charge in [0.2, 0.25) is 11.8 Å². The molecule has 0 spiro atoms. The summed E-state index contributed by atoms with van der Waals surface area (Å²) in [4.78, 5) is 38.1. The van der Waals surface area contributed by atoms with Gasteiger partial charge in [-0.2, -0.15) is 0 Å². The summed E-state index contributed by atoms with van der Waals surface area (Å²) in [7, 11) is 0. The lowest BCUT2D eigenvalue weighted by Gasteiger charge is -2.23. The summed E-state index contributed by atoms with van der Waals surface area (Å²) >= 11 is 0. The van der Waals surface area contributed by atoms with E-state index in [9.17, 15) is 14.4 Å². The van der Waals surface area contributed by atoms with Gasteiger partial charge in [-0.3, -0.25) is 14.4 Å². The van der Waals surface area contributed by atoms with Gasteiger partial charge in [-0.15, -0.1) is 0 Å². The number of hydrogen-bond donors (Lipinski definition) is 2. The minimum atomic E-state index is -0.616. The standard InChI is InChI=1S/C19H27N3O3/c1-13(23)22-10-9-19(5,12-22)17(25)20-15-8-6-7-14(11-15)16(24)21-18(2,3)4/h6-8,11H,9-10,12H2,1-5H3,(H,20,25)(H,21,24). The van der Waals surface area contributed by atoms with Crippen molar-refractivity contribution >= 4 is 23.4 Å². The van der Waals surface area contributed by atoms with Crippen molar-refractivity contribution in [2.24, 2.45) is 5.41 Å². The third-order valence-electron chi connectivity index (χ3n) is 4.34. The van der Waals surface area contributed by atoms with Gasteiger partial charge in [0.15, 0.2) is 0 Å². The second-order valence-corrected chi connectivity index (χ2v) is 7.99. The zero-order valence-corrected chi connectivity index (χ0v) is 15.6. The highest BCUT2D eigenvalue weighted by molar-refractivity contribution is 5.99. The van der Waals surface area contributed by atoms with Crippen molar-refractivity contribution in [3.05, 3.63) is 29.8 Å². The molecule has 0 aliphatic carbocycles. The Labute approximate surface area is 149 Å². The van der Waals surface area contributed by atoms with E-state index in [4.69, 9.17) is 0 Å². The molecule has 2 N–H and O–H groups in total. The highest BCUT2D eigenvalue weighted by atomic mass is 16.2. The number of anilines is 1. The summed E-state index contributed by atoms with van der Waals surface area (Å²) in [6.07, 6.45) is 0.628. The largest absolute Gasteiger partial charge is 0.347 e. The fourth-order valence-electron chi connectivity index (χ4n) is 2.85. The highest BCUT2D eigenvalue weighted by Crippen LogP contribution is 2.31. The third kappa shape index (κ3) is 4.81. The van der Waals surface area contributed by atoms with Gasteiger partial charge < -0.3 is 15.5 Å². The lowest BCUT2D eigenvalue weighted by atomic mass is 9.88. The molecule has 1 aliphatic heterocycles. The number of carbonyl (C=O) groups is 3. The van der Waals surface area contributed by atoms with Gasteiger partial charge in [-0.25, -0.2) is 0 Å². The predicted octanol–water partition coefficient (Wildman–Crippen LogP) is 2.41. The maximum absolute atomic E-state index is 12.7. The summed E-state index contributed by atoms with van der Waals surface area (Å²) < 4.78 is 0. The molecule has 1 aromatic rings. The summed E-state index contributed by atoms with van der Waals surface area (Å²) in [5, 5.41) is 5.79. The van der Waals surface area contributed by atoms with Crippen molar-refractivity contribution in [2.75, 3.05) is 18.4 Å². The molecule has 1 aromatic carbocycles. The predicted molar refractivity (Wildman–Crippen MR) is 97.3 cm³/mol. The zero-order valence-electron chi connectivity index (χ0n) is 15.6. The average Bonchev–Trinajstić information content (AvgIpc) is 2.90. The van der Waals surface area contributed by atoms with Crippen LogP contribution in [0.2, 0.25) is 0 Å². The van der Waals surface area contributed by atoms with Gasteiger partial charge in [-0.1, -0.05) is 6.07 Å². The Kier molecular flexibility index (Phi) is 5.20. The quantitative estimate of drug-likeness (QED) is 0.883. The summed E-state index contributed by atoms with van der Waals surface area (Å²) in [6, 6.07) is 6.88. The molecule has 1 unspecified atom stereocenters. The molecule has 136 valence electrons. The number of amides is 3. The third-order valence-corrected chi connectivity index (χ3v) is 4.34. The average molecular weight is 345 g/mol. The van der Waals surface area contributed by atoms with E-state index in [1.165, 1.54) is 6.92 Å². The van der Waals surface area contributed by atoms with Crippen molar-refractivity contribution in [1.82, 2.24) is 10.2 Å². The number of likely N-dealkylation sites (tertiary alicyclic amines) is 1. The van der Waals surface area contributed by atoms with Crippen LogP contribution in [0.25, 0.3) is 0 Å². The molecular formula is C19H27N3O3. The smallest absolute Gasteiger partial charge is 0.251 e. The molecule has 1 aliphatic rings. The van der Waals surface area contributed by atoms with Crippen LogP contribution in [0.15, 0.2) is 24.3 Å². The maximum Gasteiger partial charge on any atom is 0.251 e. The molecule has 3 amide bonds. The number of carbonyl (C=O) groups excluding carboxylic acids is 3. The van der Waals surface area contributed by atoms with E-state index in [1.807, 2.05) is 27.7 Å². The topological polar surface area (TPSA) is 78.5 Å². The first-order valence-electron chi connectivity index (χ1n) is 8.50. The van der Waals surface area contributed by atoms with Crippen LogP contribution in [0, 0.1) is 5.41 Å². The Hall–Kier alpha value is -2.37. The first-order chi connectivity index (χ1) is 11.5. The molecule has 0 saturated carbocycles. The normalized spacial score (nSPS) is 20.3. The monoisotopic (exact) mass is 345 g/mol. The lowest BCUT2D eigenvalue weighted by Crippen LogP contribution is -2.40. The van der Waals surface area contributed by atoms with E-state index in [-0.39, 0.29) is 23.3 Å². The van der Waals surface area contributed by atoms with Crippen LogP contribution in [0.1, 0.15) is 51.4 Å². The number of rotatable bonds is 3. The van der Waals surface area contributed by atoms with Gasteiger partial charge in [0, 0.05) is 36.8 Å². The van der Waals surface area contributed by atoms with Gasteiger partial charge in [0.1, 0.15) is 0 Å². The molecule has 0 aromatic heterocycles. The molecule has 0 radical (unpaired) electrons. The Balaban J connectivity index is 2.08. The molecular weight excluding hydrogens is 318 g/mol. The van der Waals surface area contributed by atoms with Crippen LogP contribution in [-0.2, 0) is 9.59 Å². The van der Waals surface area contributed by atoms with Gasteiger partial charge in [0.05, 0.1) is 5.41 Å². The summed E-state index contributed by atoms with van der Waals surface area (Å²) in [5.41, 5.74) is 0.128. The fourth-order valence-corrected chi connectivity index (χ4v) is 2.85. The van der Waals surface area contributed by atoms with Crippen molar-refractivity contribution in [1.29, 1.82) is 0 Å². The second kappa shape index (κ2) is 6.86. The van der Waals surface area contributed by atoms with Crippen LogP contribution in [0.5, 0.6) is 0 Å². The molecule has 1 heterocycles. The van der Waals surface area contributed by atoms with Crippen LogP contribution in [-0.4, -0.2) is 41.2 Å². The van der Waals surface area contributed by atoms with E-state index >= 15 is 0 Å². The second-order valence-electron chi connectivity index (χ2n) is 7.99. The zero-order chi connectivity index (χ0) is 18.8. The molecule has 0 bridgehead atoms. The Morgan fingerprint density at radius 3 is 2.44 bits per heavy atom. The highest BCUT2D eigenvalue weighted by Gasteiger charge is 2.41. The molecule has 1 saturated heterocycles. The van der Waals surface area contributed by atoms with E-state index < -0.39 is 5.41 Å². The maximum atomic E-state index is 12.7. The minimum Gasteiger partial charge on any atom is -0.347 e. The lowest BCUT2D eigenvalue weighted by molar-refractivity contribution is -0.129. The van der Waals surface area contributed by atoms with Gasteiger partial charge in [0.25, 0.3) is 5.91 Å². The van der Waals surface area contributed by atoms with E-state index in [1.54, 1.807) is 29.2 Å². The molecule has 6 heteroatoms. The van der Waals surface area contributed by atoms with Crippen molar-refractivity contribution in [3.63, 3.8) is 0 Å². The van der Waals surface area contributed by atoms with E-state index in [0.717, 1.165) is 0 Å². The molecule has 25 heavy (non-hydrogen) atoms. The summed E-state index contributed by atoms with van der Waals surface area (Å²) in [6.45, 7) is 10.1. The number of benzene rings is 1.